The van der Waals surface area contributed by atoms with Crippen LogP contribution in [0.1, 0.15) is 17.0 Å². The predicted octanol–water partition coefficient (Wildman–Crippen LogP) is 3.34. The Kier molecular flexibility index (Phi) is 5.13. The van der Waals surface area contributed by atoms with E-state index in [1.807, 2.05) is 0 Å². The molecule has 174 valence electrons. The van der Waals surface area contributed by atoms with Gasteiger partial charge in [-0.3, -0.25) is 9.52 Å². The summed E-state index contributed by atoms with van der Waals surface area (Å²) in [5.74, 6) is 1.47. The largest absolute Gasteiger partial charge is 0.454 e. The van der Waals surface area contributed by atoms with Gasteiger partial charge in [-0.05, 0) is 50.6 Å². The number of nitrogens with zero attached hydrogens (tertiary/aromatic N) is 3. The van der Waals surface area contributed by atoms with E-state index in [-0.39, 0.29) is 17.2 Å². The Morgan fingerprint density at radius 2 is 1.76 bits per heavy atom. The summed E-state index contributed by atoms with van der Waals surface area (Å²) in [6, 6.07) is 12.7. The molecular formula is C23H20N4O6S. The summed E-state index contributed by atoms with van der Waals surface area (Å²) in [7, 11) is -3.93. The number of aromatic nitrogens is 3. The molecule has 0 spiro atoms. The zero-order chi connectivity index (χ0) is 24.0. The van der Waals surface area contributed by atoms with Crippen LogP contribution in [0.3, 0.4) is 0 Å². The van der Waals surface area contributed by atoms with Crippen molar-refractivity contribution in [3.63, 3.8) is 0 Å². The SMILES string of the molecule is Cc1ccc(-c2ccc(=O)n(-c3c(C)noc3C)n2)cc1S(=O)(=O)Nc1ccc2c(c1)OCO2. The van der Waals surface area contributed by atoms with Crippen molar-refractivity contribution in [3.8, 4) is 28.4 Å². The van der Waals surface area contributed by atoms with Gasteiger partial charge in [0.2, 0.25) is 6.79 Å². The van der Waals surface area contributed by atoms with Gasteiger partial charge in [-0.1, -0.05) is 17.3 Å². The smallest absolute Gasteiger partial charge is 0.271 e. The van der Waals surface area contributed by atoms with Crippen LogP contribution in [0.4, 0.5) is 5.69 Å². The van der Waals surface area contributed by atoms with Crippen molar-refractivity contribution in [2.45, 2.75) is 25.7 Å². The van der Waals surface area contributed by atoms with Crippen molar-refractivity contribution in [2.75, 3.05) is 11.5 Å². The van der Waals surface area contributed by atoms with E-state index in [4.69, 9.17) is 14.0 Å². The minimum atomic E-state index is -3.93. The lowest BCUT2D eigenvalue weighted by molar-refractivity contribution is 0.174. The Bertz CT molecular complexity index is 1570. The van der Waals surface area contributed by atoms with Gasteiger partial charge in [0.25, 0.3) is 15.6 Å². The highest BCUT2D eigenvalue weighted by molar-refractivity contribution is 7.92. The van der Waals surface area contributed by atoms with Crippen molar-refractivity contribution >= 4 is 15.7 Å². The Morgan fingerprint density at radius 1 is 0.971 bits per heavy atom. The number of nitrogens with one attached hydrogen (secondary N) is 1. The minimum absolute atomic E-state index is 0.0829. The molecular weight excluding hydrogens is 460 g/mol. The van der Waals surface area contributed by atoms with Gasteiger partial charge in [-0.25, -0.2) is 8.42 Å². The van der Waals surface area contributed by atoms with Gasteiger partial charge >= 0.3 is 0 Å². The highest BCUT2D eigenvalue weighted by Gasteiger charge is 2.21. The highest BCUT2D eigenvalue weighted by Crippen LogP contribution is 2.35. The summed E-state index contributed by atoms with van der Waals surface area (Å²) in [4.78, 5) is 12.6. The van der Waals surface area contributed by atoms with Gasteiger partial charge in [0.1, 0.15) is 11.4 Å². The van der Waals surface area contributed by atoms with Crippen LogP contribution in [-0.2, 0) is 10.0 Å². The van der Waals surface area contributed by atoms with E-state index in [0.29, 0.717) is 51.1 Å². The lowest BCUT2D eigenvalue weighted by Gasteiger charge is -2.13. The molecule has 34 heavy (non-hydrogen) atoms. The van der Waals surface area contributed by atoms with Crippen molar-refractivity contribution in [3.05, 3.63) is 75.9 Å². The van der Waals surface area contributed by atoms with Gasteiger partial charge < -0.3 is 14.0 Å². The third kappa shape index (κ3) is 3.79. The molecule has 2 aromatic heterocycles. The lowest BCUT2D eigenvalue weighted by Crippen LogP contribution is -2.21. The molecule has 0 radical (unpaired) electrons. The van der Waals surface area contributed by atoms with E-state index in [0.717, 1.165) is 0 Å². The van der Waals surface area contributed by atoms with Crippen LogP contribution in [-0.4, -0.2) is 30.1 Å². The van der Waals surface area contributed by atoms with Crippen LogP contribution >= 0.6 is 0 Å². The van der Waals surface area contributed by atoms with E-state index in [1.54, 1.807) is 57.2 Å². The number of sulfonamides is 1. The van der Waals surface area contributed by atoms with Gasteiger partial charge in [-0.15, -0.1) is 0 Å². The number of aryl methyl sites for hydroxylation is 3. The van der Waals surface area contributed by atoms with E-state index in [2.05, 4.69) is 15.0 Å². The maximum atomic E-state index is 13.2. The molecule has 5 rings (SSSR count). The van der Waals surface area contributed by atoms with Gasteiger partial charge in [0, 0.05) is 17.7 Å². The molecule has 4 aromatic rings. The van der Waals surface area contributed by atoms with Crippen LogP contribution in [0.15, 0.2) is 62.7 Å². The monoisotopic (exact) mass is 480 g/mol. The topological polar surface area (TPSA) is 126 Å². The highest BCUT2D eigenvalue weighted by atomic mass is 32.2. The number of hydrogen-bond acceptors (Lipinski definition) is 8. The van der Waals surface area contributed by atoms with Crippen LogP contribution < -0.4 is 19.8 Å². The van der Waals surface area contributed by atoms with Gasteiger partial charge in [0.15, 0.2) is 17.3 Å². The molecule has 0 fully saturated rings. The number of ether oxygens (including phenoxy) is 2. The maximum absolute atomic E-state index is 13.2. The molecule has 0 unspecified atom stereocenters. The minimum Gasteiger partial charge on any atom is -0.454 e. The van der Waals surface area contributed by atoms with Crippen molar-refractivity contribution in [1.82, 2.24) is 14.9 Å². The second kappa shape index (κ2) is 8.03. The summed E-state index contributed by atoms with van der Waals surface area (Å²) in [6.07, 6.45) is 0. The Labute approximate surface area is 194 Å². The summed E-state index contributed by atoms with van der Waals surface area (Å²) in [6.45, 7) is 5.20. The molecule has 2 aromatic carbocycles. The van der Waals surface area contributed by atoms with Crippen molar-refractivity contribution < 1.29 is 22.4 Å². The number of benzene rings is 2. The van der Waals surface area contributed by atoms with Crippen LogP contribution in [0, 0.1) is 20.8 Å². The molecule has 1 aliphatic rings. The fourth-order valence-electron chi connectivity index (χ4n) is 3.72. The molecule has 0 amide bonds. The Hall–Kier alpha value is -4.12. The molecule has 11 heteroatoms. The number of hydrogen-bond donors (Lipinski definition) is 1. The molecule has 0 atom stereocenters. The average molecular weight is 481 g/mol. The standard InChI is InChI=1S/C23H20N4O6S/c1-13-4-5-16(18-7-9-22(28)27(24-18)23-14(2)25-33-15(23)3)10-21(13)34(29,30)26-17-6-8-19-20(11-17)32-12-31-19/h4-11,26H,12H2,1-3H3. The molecule has 0 aliphatic carbocycles. The molecule has 10 nitrogen and oxygen atoms in total. The van der Waals surface area contributed by atoms with Gasteiger partial charge in [0.05, 0.1) is 16.3 Å². The second-order valence-corrected chi connectivity index (χ2v) is 9.45. The fraction of sp³-hybridized carbons (Fsp3) is 0.174. The molecule has 1 N–H and O–H groups in total. The fourth-order valence-corrected chi connectivity index (χ4v) is 5.05. The van der Waals surface area contributed by atoms with Crippen LogP contribution in [0.5, 0.6) is 11.5 Å². The van der Waals surface area contributed by atoms with E-state index < -0.39 is 10.0 Å². The second-order valence-electron chi connectivity index (χ2n) is 7.80. The normalized spacial score (nSPS) is 12.7. The lowest BCUT2D eigenvalue weighted by atomic mass is 10.1. The number of fused-ring (bicyclic) bond motifs is 1. The molecule has 0 saturated heterocycles. The first kappa shape index (κ1) is 21.7. The predicted molar refractivity (Wildman–Crippen MR) is 123 cm³/mol. The summed E-state index contributed by atoms with van der Waals surface area (Å²) < 4.78 is 46.0. The first-order chi connectivity index (χ1) is 16.2. The van der Waals surface area contributed by atoms with E-state index >= 15 is 0 Å². The van der Waals surface area contributed by atoms with Crippen molar-refractivity contribution in [1.29, 1.82) is 0 Å². The number of rotatable bonds is 5. The number of anilines is 1. The first-order valence-electron chi connectivity index (χ1n) is 10.3. The quantitative estimate of drug-likeness (QED) is 0.461. The summed E-state index contributed by atoms with van der Waals surface area (Å²) >= 11 is 0. The Balaban J connectivity index is 1.53. The third-order valence-corrected chi connectivity index (χ3v) is 6.93. The van der Waals surface area contributed by atoms with Crippen LogP contribution in [0.25, 0.3) is 16.9 Å². The summed E-state index contributed by atoms with van der Waals surface area (Å²) in [5.41, 5.74) is 2.45. The third-order valence-electron chi connectivity index (χ3n) is 5.41. The molecule has 0 saturated carbocycles. The zero-order valence-corrected chi connectivity index (χ0v) is 19.3. The van der Waals surface area contributed by atoms with E-state index in [9.17, 15) is 13.2 Å². The first-order valence-corrected chi connectivity index (χ1v) is 11.8. The van der Waals surface area contributed by atoms with E-state index in [1.165, 1.54) is 16.8 Å². The van der Waals surface area contributed by atoms with Crippen molar-refractivity contribution in [2.24, 2.45) is 0 Å². The average Bonchev–Trinajstić information content (AvgIpc) is 3.40. The molecule has 3 heterocycles. The zero-order valence-electron chi connectivity index (χ0n) is 18.5. The Morgan fingerprint density at radius 3 is 2.53 bits per heavy atom. The molecule has 1 aliphatic heterocycles. The maximum Gasteiger partial charge on any atom is 0.271 e. The molecule has 0 bridgehead atoms. The van der Waals surface area contributed by atoms with Crippen LogP contribution in [0.2, 0.25) is 0 Å². The van der Waals surface area contributed by atoms with Gasteiger partial charge in [-0.2, -0.15) is 9.78 Å². The summed E-state index contributed by atoms with van der Waals surface area (Å²) in [5, 5.41) is 8.32.